The molecule has 2 bridgehead atoms. The van der Waals surface area contributed by atoms with Crippen LogP contribution in [0.25, 0.3) is 11.1 Å². The molecule has 5 rings (SSSR count). The number of fused-ring (bicyclic) bond motifs is 5. The first-order valence-corrected chi connectivity index (χ1v) is 9.12. The summed E-state index contributed by atoms with van der Waals surface area (Å²) in [7, 11) is 0. The minimum absolute atomic E-state index is 0.00534. The highest BCUT2D eigenvalue weighted by molar-refractivity contribution is 5.79. The summed E-state index contributed by atoms with van der Waals surface area (Å²) in [6.07, 6.45) is -1.07. The maximum atomic E-state index is 12.6. The molecule has 2 fully saturated rings. The number of nitrogens with zero attached hydrogens (tertiary/aromatic N) is 1. The van der Waals surface area contributed by atoms with Crippen molar-refractivity contribution in [2.45, 2.75) is 18.1 Å². The van der Waals surface area contributed by atoms with Gasteiger partial charge in [-0.05, 0) is 22.3 Å². The van der Waals surface area contributed by atoms with Crippen LogP contribution in [0, 0.1) is 5.92 Å². The van der Waals surface area contributed by atoms with Crippen molar-refractivity contribution in [2.75, 3.05) is 26.3 Å². The first-order valence-electron chi connectivity index (χ1n) is 9.12. The summed E-state index contributed by atoms with van der Waals surface area (Å²) in [5.41, 5.74) is 4.85. The van der Waals surface area contributed by atoms with Crippen LogP contribution >= 0.6 is 0 Å². The average molecular weight is 351 g/mol. The topological polar surface area (TPSA) is 59.0 Å². The summed E-state index contributed by atoms with van der Waals surface area (Å²) in [5.74, 6) is 0.0592. The largest absolute Gasteiger partial charge is 0.448 e. The van der Waals surface area contributed by atoms with E-state index in [9.17, 15) is 9.90 Å². The molecule has 0 saturated carbocycles. The maximum Gasteiger partial charge on any atom is 0.409 e. The molecule has 1 N–H and O–H groups in total. The fourth-order valence-electron chi connectivity index (χ4n) is 4.48. The van der Waals surface area contributed by atoms with Gasteiger partial charge in [-0.3, -0.25) is 0 Å². The van der Waals surface area contributed by atoms with Crippen LogP contribution < -0.4 is 0 Å². The van der Waals surface area contributed by atoms with E-state index >= 15 is 0 Å². The number of likely N-dealkylation sites (tertiary alicyclic amines) is 1. The van der Waals surface area contributed by atoms with Gasteiger partial charge in [-0.2, -0.15) is 0 Å². The van der Waals surface area contributed by atoms with Crippen LogP contribution in [0.15, 0.2) is 48.5 Å². The van der Waals surface area contributed by atoms with Crippen LogP contribution in [0.3, 0.4) is 0 Å². The smallest absolute Gasteiger partial charge is 0.409 e. The van der Waals surface area contributed by atoms with E-state index in [2.05, 4.69) is 24.3 Å². The zero-order valence-corrected chi connectivity index (χ0v) is 14.4. The van der Waals surface area contributed by atoms with Crippen molar-refractivity contribution in [2.24, 2.45) is 5.92 Å². The van der Waals surface area contributed by atoms with Crippen molar-refractivity contribution in [3.05, 3.63) is 59.7 Å². The Morgan fingerprint density at radius 2 is 1.73 bits per heavy atom. The second kappa shape index (κ2) is 6.11. The molecule has 2 aromatic carbocycles. The molecule has 2 saturated heterocycles. The molecule has 0 unspecified atom stereocenters. The van der Waals surface area contributed by atoms with Gasteiger partial charge in [-0.1, -0.05) is 48.5 Å². The van der Waals surface area contributed by atoms with Crippen LogP contribution in [-0.4, -0.2) is 54.6 Å². The van der Waals surface area contributed by atoms with Crippen molar-refractivity contribution >= 4 is 6.09 Å². The third kappa shape index (κ3) is 2.42. The van der Waals surface area contributed by atoms with Gasteiger partial charge in [0.1, 0.15) is 12.7 Å². The van der Waals surface area contributed by atoms with Crippen LogP contribution in [-0.2, 0) is 9.47 Å². The second-order valence-corrected chi connectivity index (χ2v) is 7.33. The predicted octanol–water partition coefficient (Wildman–Crippen LogP) is 2.63. The molecule has 1 amide bonds. The minimum Gasteiger partial charge on any atom is -0.448 e. The third-order valence-electron chi connectivity index (χ3n) is 5.84. The standard InChI is InChI=1S/C21H21NO4/c23-20-13-9-22(10-19(20)25-11-13)21(24)26-12-18-16-7-3-1-5-14(16)15-6-2-4-8-17(15)18/h1-8,13,18-20,23H,9-12H2/t13-,19-,20-/m1/s1. The lowest BCUT2D eigenvalue weighted by atomic mass is 9.97. The van der Waals surface area contributed by atoms with Gasteiger partial charge in [0.25, 0.3) is 0 Å². The van der Waals surface area contributed by atoms with Gasteiger partial charge in [0.15, 0.2) is 0 Å². The number of aliphatic hydroxyl groups excluding tert-OH is 1. The number of piperidine rings is 1. The van der Waals surface area contributed by atoms with Crippen LogP contribution in [0.4, 0.5) is 4.79 Å². The molecule has 134 valence electrons. The highest BCUT2D eigenvalue weighted by Crippen LogP contribution is 2.44. The molecule has 1 aliphatic carbocycles. The molecule has 3 atom stereocenters. The van der Waals surface area contributed by atoms with Crippen molar-refractivity contribution in [3.63, 3.8) is 0 Å². The summed E-state index contributed by atoms with van der Waals surface area (Å²) < 4.78 is 11.2. The van der Waals surface area contributed by atoms with E-state index in [0.29, 0.717) is 26.3 Å². The Hall–Kier alpha value is -2.37. The molecule has 2 aliphatic heterocycles. The molecule has 5 nitrogen and oxygen atoms in total. The molecular formula is C21H21NO4. The van der Waals surface area contributed by atoms with E-state index in [0.717, 1.165) is 0 Å². The molecule has 0 radical (unpaired) electrons. The number of rotatable bonds is 2. The fourth-order valence-corrected chi connectivity index (χ4v) is 4.48. The van der Waals surface area contributed by atoms with Crippen molar-refractivity contribution in [1.29, 1.82) is 0 Å². The van der Waals surface area contributed by atoms with Gasteiger partial charge in [-0.25, -0.2) is 4.79 Å². The highest BCUT2D eigenvalue weighted by Gasteiger charge is 2.44. The lowest BCUT2D eigenvalue weighted by Gasteiger charge is -2.33. The van der Waals surface area contributed by atoms with Crippen molar-refractivity contribution in [1.82, 2.24) is 4.90 Å². The highest BCUT2D eigenvalue weighted by atomic mass is 16.6. The number of carbonyl (C=O) groups is 1. The normalized spacial score (nSPS) is 26.5. The SMILES string of the molecule is O=C(OCC1c2ccccc2-c2ccccc21)N1C[C@@H]2CO[C@H](C1)[C@@H]2O. The van der Waals surface area contributed by atoms with E-state index < -0.39 is 6.10 Å². The number of carbonyl (C=O) groups excluding carboxylic acids is 1. The van der Waals surface area contributed by atoms with Gasteiger partial charge in [0.05, 0.1) is 19.3 Å². The molecular weight excluding hydrogens is 330 g/mol. The lowest BCUT2D eigenvalue weighted by Crippen LogP contribution is -2.50. The number of amides is 1. The van der Waals surface area contributed by atoms with Gasteiger partial charge < -0.3 is 19.5 Å². The molecule has 26 heavy (non-hydrogen) atoms. The number of aliphatic hydroxyl groups is 1. The Kier molecular flexibility index (Phi) is 3.72. The zero-order valence-electron chi connectivity index (χ0n) is 14.4. The van der Waals surface area contributed by atoms with Gasteiger partial charge in [0, 0.05) is 18.4 Å². The monoisotopic (exact) mass is 351 g/mol. The van der Waals surface area contributed by atoms with E-state index in [4.69, 9.17) is 9.47 Å². The Balaban J connectivity index is 1.32. The summed E-state index contributed by atoms with van der Waals surface area (Å²) in [4.78, 5) is 14.2. The first kappa shape index (κ1) is 15.9. The Morgan fingerprint density at radius 3 is 2.38 bits per heavy atom. The first-order chi connectivity index (χ1) is 12.7. The number of benzene rings is 2. The quantitative estimate of drug-likeness (QED) is 0.904. The van der Waals surface area contributed by atoms with Gasteiger partial charge in [0.2, 0.25) is 0 Å². The summed E-state index contributed by atoms with van der Waals surface area (Å²) in [6.45, 7) is 1.73. The molecule has 0 aromatic heterocycles. The predicted molar refractivity (Wildman–Crippen MR) is 95.9 cm³/mol. The number of hydrogen-bond donors (Lipinski definition) is 1. The Labute approximate surface area is 152 Å². The second-order valence-electron chi connectivity index (χ2n) is 7.33. The van der Waals surface area contributed by atoms with Crippen LogP contribution in [0.1, 0.15) is 17.0 Å². The Bertz CT molecular complexity index is 792. The molecule has 3 aliphatic rings. The molecule has 5 heteroatoms. The zero-order chi connectivity index (χ0) is 17.7. The summed E-state index contributed by atoms with van der Waals surface area (Å²) >= 11 is 0. The fraction of sp³-hybridized carbons (Fsp3) is 0.381. The van der Waals surface area contributed by atoms with Gasteiger partial charge >= 0.3 is 6.09 Å². The third-order valence-corrected chi connectivity index (χ3v) is 5.84. The summed E-state index contributed by atoms with van der Waals surface area (Å²) in [5, 5.41) is 10.0. The van der Waals surface area contributed by atoms with Gasteiger partial charge in [-0.15, -0.1) is 0 Å². The molecule has 0 spiro atoms. The van der Waals surface area contributed by atoms with E-state index in [1.807, 2.05) is 24.3 Å². The number of ether oxygens (including phenoxy) is 2. The lowest BCUT2D eigenvalue weighted by molar-refractivity contribution is -0.00918. The maximum absolute atomic E-state index is 12.6. The molecule has 2 aromatic rings. The Morgan fingerprint density at radius 1 is 1.08 bits per heavy atom. The van der Waals surface area contributed by atoms with E-state index in [1.54, 1.807) is 4.90 Å². The number of hydrogen-bond acceptors (Lipinski definition) is 4. The van der Waals surface area contributed by atoms with E-state index in [-0.39, 0.29) is 24.0 Å². The van der Waals surface area contributed by atoms with Crippen molar-refractivity contribution < 1.29 is 19.4 Å². The molecule has 2 heterocycles. The minimum atomic E-state index is -0.465. The van der Waals surface area contributed by atoms with Crippen LogP contribution in [0.5, 0.6) is 0 Å². The van der Waals surface area contributed by atoms with Crippen LogP contribution in [0.2, 0.25) is 0 Å². The van der Waals surface area contributed by atoms with Crippen molar-refractivity contribution in [3.8, 4) is 11.1 Å². The summed E-state index contributed by atoms with van der Waals surface area (Å²) in [6, 6.07) is 16.6. The van der Waals surface area contributed by atoms with E-state index in [1.165, 1.54) is 22.3 Å². The average Bonchev–Trinajstić information content (AvgIpc) is 3.07.